The van der Waals surface area contributed by atoms with E-state index in [0.717, 1.165) is 11.2 Å². The normalized spacial score (nSPS) is 9.75. The van der Waals surface area contributed by atoms with Crippen LogP contribution in [0.3, 0.4) is 0 Å². The number of aliphatic hydroxyl groups is 1. The number of carbonyl (C=O) groups is 1. The Balaban J connectivity index is 2.75. The zero-order chi connectivity index (χ0) is 8.81. The Hall–Kier alpha value is -0.800. The molecular weight excluding hydrogens is 172 g/mol. The molecule has 0 bridgehead atoms. The molecule has 0 amide bonds. The summed E-state index contributed by atoms with van der Waals surface area (Å²) in [7, 11) is 0. The third-order valence-corrected chi connectivity index (χ3v) is 2.46. The lowest BCUT2D eigenvalue weighted by Crippen LogP contribution is -1.89. The molecule has 1 rings (SSSR count). The molecule has 0 unspecified atom stereocenters. The third kappa shape index (κ3) is 2.36. The maximum atomic E-state index is 10.5. The lowest BCUT2D eigenvalue weighted by molar-refractivity contribution is 0.112. The summed E-state index contributed by atoms with van der Waals surface area (Å²) in [6.45, 7) is 0.137. The summed E-state index contributed by atoms with van der Waals surface area (Å²) in [5, 5.41) is 8.58. The quantitative estimate of drug-likeness (QED) is 0.567. The molecule has 0 aromatic heterocycles. The minimum atomic E-state index is 0.137. The Morgan fingerprint density at radius 3 is 2.83 bits per heavy atom. The van der Waals surface area contributed by atoms with Crippen LogP contribution in [-0.2, 0) is 0 Å². The van der Waals surface area contributed by atoms with Gasteiger partial charge in [-0.1, -0.05) is 18.2 Å². The van der Waals surface area contributed by atoms with Crippen molar-refractivity contribution < 1.29 is 9.90 Å². The summed E-state index contributed by atoms with van der Waals surface area (Å²) in [5.41, 5.74) is 0.691. The van der Waals surface area contributed by atoms with E-state index in [2.05, 4.69) is 0 Å². The van der Waals surface area contributed by atoms with Crippen molar-refractivity contribution in [3.63, 3.8) is 0 Å². The fourth-order valence-electron chi connectivity index (χ4n) is 0.865. The maximum Gasteiger partial charge on any atom is 0.151 e. The largest absolute Gasteiger partial charge is 0.396 e. The summed E-state index contributed by atoms with van der Waals surface area (Å²) < 4.78 is 0. The van der Waals surface area contributed by atoms with Crippen LogP contribution < -0.4 is 0 Å². The van der Waals surface area contributed by atoms with Gasteiger partial charge >= 0.3 is 0 Å². The number of rotatable bonds is 4. The molecule has 1 aromatic carbocycles. The molecule has 0 heterocycles. The molecule has 3 heteroatoms. The van der Waals surface area contributed by atoms with Crippen LogP contribution in [0.2, 0.25) is 0 Å². The third-order valence-electron chi connectivity index (χ3n) is 1.39. The van der Waals surface area contributed by atoms with Gasteiger partial charge in [0.1, 0.15) is 0 Å². The fraction of sp³-hybridized carbons (Fsp3) is 0.222. The molecule has 0 radical (unpaired) electrons. The van der Waals surface area contributed by atoms with Gasteiger partial charge in [0.05, 0.1) is 6.61 Å². The molecule has 0 spiro atoms. The Morgan fingerprint density at radius 2 is 2.17 bits per heavy atom. The van der Waals surface area contributed by atoms with Crippen molar-refractivity contribution >= 4 is 18.0 Å². The molecule has 1 N–H and O–H groups in total. The van der Waals surface area contributed by atoms with Gasteiger partial charge in [0.25, 0.3) is 0 Å². The number of benzene rings is 1. The van der Waals surface area contributed by atoms with Crippen LogP contribution in [0.25, 0.3) is 0 Å². The van der Waals surface area contributed by atoms with E-state index in [1.807, 2.05) is 18.2 Å². The second-order valence-corrected chi connectivity index (χ2v) is 3.36. The summed E-state index contributed by atoms with van der Waals surface area (Å²) >= 11 is 1.49. The Bertz CT molecular complexity index is 260. The number of carbonyl (C=O) groups excluding carboxylic acids is 1. The second-order valence-electron chi connectivity index (χ2n) is 2.23. The van der Waals surface area contributed by atoms with Crippen LogP contribution in [0.4, 0.5) is 0 Å². The molecule has 12 heavy (non-hydrogen) atoms. The first kappa shape index (κ1) is 9.29. The topological polar surface area (TPSA) is 37.3 Å². The van der Waals surface area contributed by atoms with Gasteiger partial charge < -0.3 is 5.11 Å². The van der Waals surface area contributed by atoms with Crippen molar-refractivity contribution in [2.45, 2.75) is 4.90 Å². The first-order valence-corrected chi connectivity index (χ1v) is 4.65. The van der Waals surface area contributed by atoms with Crippen molar-refractivity contribution in [2.24, 2.45) is 0 Å². The highest BCUT2D eigenvalue weighted by Gasteiger charge is 1.99. The van der Waals surface area contributed by atoms with Crippen molar-refractivity contribution in [1.82, 2.24) is 0 Å². The van der Waals surface area contributed by atoms with E-state index in [1.54, 1.807) is 6.07 Å². The second kappa shape index (κ2) is 4.95. The van der Waals surface area contributed by atoms with Crippen LogP contribution >= 0.6 is 11.8 Å². The van der Waals surface area contributed by atoms with Gasteiger partial charge in [-0.3, -0.25) is 4.79 Å². The summed E-state index contributed by atoms with van der Waals surface area (Å²) in [6, 6.07) is 7.36. The van der Waals surface area contributed by atoms with Gasteiger partial charge in [-0.15, -0.1) is 11.8 Å². The van der Waals surface area contributed by atoms with E-state index in [1.165, 1.54) is 11.8 Å². The van der Waals surface area contributed by atoms with E-state index in [0.29, 0.717) is 11.3 Å². The Morgan fingerprint density at radius 1 is 1.42 bits per heavy atom. The van der Waals surface area contributed by atoms with E-state index in [9.17, 15) is 4.79 Å². The lowest BCUT2D eigenvalue weighted by atomic mass is 10.2. The molecule has 0 saturated carbocycles. The summed E-state index contributed by atoms with van der Waals surface area (Å²) in [5.74, 6) is 0.630. The average Bonchev–Trinajstić information content (AvgIpc) is 2.15. The van der Waals surface area contributed by atoms with E-state index < -0.39 is 0 Å². The Labute approximate surface area is 75.6 Å². The minimum absolute atomic E-state index is 0.137. The van der Waals surface area contributed by atoms with Gasteiger partial charge in [-0.05, 0) is 6.07 Å². The average molecular weight is 182 g/mol. The number of aliphatic hydroxyl groups excluding tert-OH is 1. The molecule has 0 aliphatic carbocycles. The molecule has 0 atom stereocenters. The molecule has 0 aliphatic rings. The number of hydrogen-bond donors (Lipinski definition) is 1. The predicted molar refractivity (Wildman–Crippen MR) is 49.6 cm³/mol. The van der Waals surface area contributed by atoms with Crippen LogP contribution in [-0.4, -0.2) is 23.8 Å². The number of aldehydes is 1. The molecule has 0 saturated heterocycles. The van der Waals surface area contributed by atoms with Crippen molar-refractivity contribution in [1.29, 1.82) is 0 Å². The van der Waals surface area contributed by atoms with Gasteiger partial charge in [0.2, 0.25) is 0 Å². The van der Waals surface area contributed by atoms with E-state index in [-0.39, 0.29) is 6.61 Å². The SMILES string of the molecule is O=Cc1ccccc1SCCO. The molecule has 0 fully saturated rings. The van der Waals surface area contributed by atoms with Crippen molar-refractivity contribution in [3.05, 3.63) is 29.8 Å². The van der Waals surface area contributed by atoms with Crippen molar-refractivity contribution in [3.8, 4) is 0 Å². The highest BCUT2D eigenvalue weighted by molar-refractivity contribution is 7.99. The summed E-state index contributed by atoms with van der Waals surface area (Å²) in [4.78, 5) is 11.4. The monoisotopic (exact) mass is 182 g/mol. The first-order valence-electron chi connectivity index (χ1n) is 3.66. The Kier molecular flexibility index (Phi) is 3.84. The molecular formula is C9H10O2S. The molecule has 0 aliphatic heterocycles. The van der Waals surface area contributed by atoms with Crippen LogP contribution in [0.15, 0.2) is 29.2 Å². The summed E-state index contributed by atoms with van der Waals surface area (Å²) in [6.07, 6.45) is 0.833. The minimum Gasteiger partial charge on any atom is -0.396 e. The zero-order valence-corrected chi connectivity index (χ0v) is 7.38. The molecule has 1 aromatic rings. The smallest absolute Gasteiger partial charge is 0.151 e. The molecule has 64 valence electrons. The van der Waals surface area contributed by atoms with Crippen LogP contribution in [0.1, 0.15) is 10.4 Å². The highest BCUT2D eigenvalue weighted by Crippen LogP contribution is 2.20. The van der Waals surface area contributed by atoms with Gasteiger partial charge in [-0.25, -0.2) is 0 Å². The number of hydrogen-bond acceptors (Lipinski definition) is 3. The first-order chi connectivity index (χ1) is 5.88. The van der Waals surface area contributed by atoms with Gasteiger partial charge in [0, 0.05) is 16.2 Å². The van der Waals surface area contributed by atoms with Crippen LogP contribution in [0.5, 0.6) is 0 Å². The number of thioether (sulfide) groups is 1. The van der Waals surface area contributed by atoms with E-state index in [4.69, 9.17) is 5.11 Å². The highest BCUT2D eigenvalue weighted by atomic mass is 32.2. The zero-order valence-electron chi connectivity index (χ0n) is 6.56. The molecule has 2 nitrogen and oxygen atoms in total. The van der Waals surface area contributed by atoms with E-state index >= 15 is 0 Å². The van der Waals surface area contributed by atoms with Gasteiger partial charge in [0.15, 0.2) is 6.29 Å². The fourth-order valence-corrected chi connectivity index (χ4v) is 1.63. The predicted octanol–water partition coefficient (Wildman–Crippen LogP) is 1.58. The maximum absolute atomic E-state index is 10.5. The standard InChI is InChI=1S/C9H10O2S/c10-5-6-12-9-4-2-1-3-8(9)7-11/h1-4,7,10H,5-6H2. The van der Waals surface area contributed by atoms with Crippen LogP contribution in [0, 0.1) is 0 Å². The van der Waals surface area contributed by atoms with Crippen molar-refractivity contribution in [2.75, 3.05) is 12.4 Å². The van der Waals surface area contributed by atoms with Gasteiger partial charge in [-0.2, -0.15) is 0 Å². The lowest BCUT2D eigenvalue weighted by Gasteiger charge is -2.01.